The summed E-state index contributed by atoms with van der Waals surface area (Å²) in [4.78, 5) is 23.5. The van der Waals surface area contributed by atoms with Crippen LogP contribution in [-0.2, 0) is 19.1 Å². The summed E-state index contributed by atoms with van der Waals surface area (Å²) in [5, 5.41) is 11.7. The molecule has 1 N–H and O–H groups in total. The van der Waals surface area contributed by atoms with Crippen LogP contribution in [0.25, 0.3) is 0 Å². The van der Waals surface area contributed by atoms with Gasteiger partial charge in [-0.2, -0.15) is 0 Å². The fourth-order valence-electron chi connectivity index (χ4n) is 5.42. The summed E-state index contributed by atoms with van der Waals surface area (Å²) in [6, 6.07) is 0. The number of aliphatic hydroxyl groups excluding tert-OH is 1. The molecule has 5 heteroatoms. The second-order valence-electron chi connectivity index (χ2n) is 11.5. The molecule has 1 fully saturated rings. The van der Waals surface area contributed by atoms with E-state index in [0.29, 0.717) is 13.2 Å². The Kier molecular flexibility index (Phi) is 8.41. The lowest BCUT2D eigenvalue weighted by molar-refractivity contribution is -0.154. The van der Waals surface area contributed by atoms with Gasteiger partial charge in [-0.15, -0.1) is 0 Å². The molecule has 2 aliphatic carbocycles. The maximum atomic E-state index is 12.2. The van der Waals surface area contributed by atoms with Crippen LogP contribution < -0.4 is 0 Å². The number of esters is 2. The van der Waals surface area contributed by atoms with Crippen LogP contribution in [0.4, 0.5) is 0 Å². The third-order valence-electron chi connectivity index (χ3n) is 7.79. The van der Waals surface area contributed by atoms with Crippen molar-refractivity contribution in [2.45, 2.75) is 87.2 Å². The second kappa shape index (κ2) is 10.1. The Labute approximate surface area is 194 Å². The highest BCUT2D eigenvalue weighted by molar-refractivity contribution is 5.75. The molecule has 32 heavy (non-hydrogen) atoms. The largest absolute Gasteiger partial charge is 0.466 e. The van der Waals surface area contributed by atoms with Crippen molar-refractivity contribution in [3.05, 3.63) is 23.3 Å². The van der Waals surface area contributed by atoms with Crippen molar-refractivity contribution in [3.63, 3.8) is 0 Å². The first-order valence-corrected chi connectivity index (χ1v) is 12.1. The lowest BCUT2D eigenvalue weighted by Gasteiger charge is -2.38. The quantitative estimate of drug-likeness (QED) is 0.394. The van der Waals surface area contributed by atoms with Gasteiger partial charge < -0.3 is 14.6 Å². The van der Waals surface area contributed by atoms with E-state index in [1.165, 1.54) is 12.5 Å². The van der Waals surface area contributed by atoms with Gasteiger partial charge in [0.15, 0.2) is 0 Å². The predicted octanol–water partition coefficient (Wildman–Crippen LogP) is 5.47. The Hall–Kier alpha value is -1.62. The lowest BCUT2D eigenvalue weighted by atomic mass is 9.70. The van der Waals surface area contributed by atoms with Crippen LogP contribution in [0.2, 0.25) is 0 Å². The van der Waals surface area contributed by atoms with Crippen LogP contribution >= 0.6 is 0 Å². The van der Waals surface area contributed by atoms with E-state index in [-0.39, 0.29) is 35.6 Å². The first kappa shape index (κ1) is 26.6. The number of allylic oxidation sites excluding steroid dienone is 1. The van der Waals surface area contributed by atoms with Crippen molar-refractivity contribution in [2.24, 2.45) is 34.5 Å². The number of hydrogen-bond acceptors (Lipinski definition) is 5. The van der Waals surface area contributed by atoms with Crippen molar-refractivity contribution in [1.82, 2.24) is 0 Å². The summed E-state index contributed by atoms with van der Waals surface area (Å²) in [7, 11) is 0. The molecule has 1 saturated carbocycles. The summed E-state index contributed by atoms with van der Waals surface area (Å²) < 4.78 is 10.8. The third kappa shape index (κ3) is 5.65. The van der Waals surface area contributed by atoms with Crippen molar-refractivity contribution in [3.8, 4) is 0 Å². The first-order valence-electron chi connectivity index (χ1n) is 12.1. The van der Waals surface area contributed by atoms with Crippen LogP contribution in [-0.4, -0.2) is 36.4 Å². The minimum absolute atomic E-state index is 0.153. The molecular weight excluding hydrogens is 404 g/mol. The number of ether oxygens (including phenoxy) is 2. The monoisotopic (exact) mass is 448 g/mol. The van der Waals surface area contributed by atoms with Gasteiger partial charge in [-0.3, -0.25) is 9.59 Å². The average Bonchev–Trinajstić information content (AvgIpc) is 3.23. The van der Waals surface area contributed by atoms with Crippen LogP contribution in [0.15, 0.2) is 23.3 Å². The molecular formula is C27H44O5. The zero-order chi connectivity index (χ0) is 24.4. The minimum Gasteiger partial charge on any atom is -0.466 e. The summed E-state index contributed by atoms with van der Waals surface area (Å²) in [5.74, 6) is 0.274. The highest BCUT2D eigenvalue weighted by Crippen LogP contribution is 2.54. The van der Waals surface area contributed by atoms with E-state index >= 15 is 0 Å². The van der Waals surface area contributed by atoms with Crippen molar-refractivity contribution in [1.29, 1.82) is 0 Å². The first-order chi connectivity index (χ1) is 14.7. The fraction of sp³-hybridized carbons (Fsp3) is 0.778. The smallest absolute Gasteiger partial charge is 0.311 e. The maximum Gasteiger partial charge on any atom is 0.311 e. The predicted molar refractivity (Wildman–Crippen MR) is 127 cm³/mol. The summed E-state index contributed by atoms with van der Waals surface area (Å²) in [5.41, 5.74) is 2.50. The Balaban J connectivity index is 2.11. The van der Waals surface area contributed by atoms with Crippen LogP contribution in [0.5, 0.6) is 0 Å². The third-order valence-corrected chi connectivity index (χ3v) is 7.79. The SMILES string of the molecule is C=C1[C@@H]([C@H](C)COC(=O)C(C)(C)C)CC[C@]1(C)[C@H](O)C1=C(C)CC[C@H]1[C@@H](C)COC(C)=O. The van der Waals surface area contributed by atoms with E-state index in [4.69, 9.17) is 9.47 Å². The molecule has 0 spiro atoms. The standard InChI is InChI=1S/C27H44O5/c1-16-10-11-22(18(3)14-31-20(5)28)23(16)24(29)27(9)13-12-21(19(27)4)17(2)15-32-25(30)26(6,7)8/h17-18,21-22,24,29H,4,10-15H2,1-3,5-9H3/t17-,18+,21-,22+,24-,27+/m1/s1. The second-order valence-corrected chi connectivity index (χ2v) is 11.5. The summed E-state index contributed by atoms with van der Waals surface area (Å²) in [6.45, 7) is 20.6. The van der Waals surface area contributed by atoms with E-state index in [2.05, 4.69) is 34.3 Å². The minimum atomic E-state index is -0.600. The number of hydrogen-bond donors (Lipinski definition) is 1. The van der Waals surface area contributed by atoms with Gasteiger partial charge >= 0.3 is 11.9 Å². The summed E-state index contributed by atoms with van der Waals surface area (Å²) in [6.07, 6.45) is 3.13. The molecule has 2 aliphatic rings. The molecule has 182 valence electrons. The molecule has 0 aromatic heterocycles. The fourth-order valence-corrected chi connectivity index (χ4v) is 5.42. The van der Waals surface area contributed by atoms with E-state index in [1.807, 2.05) is 20.8 Å². The molecule has 2 rings (SSSR count). The van der Waals surface area contributed by atoms with Gasteiger partial charge in [-0.25, -0.2) is 0 Å². The molecule has 6 atom stereocenters. The number of rotatable bonds is 8. The normalized spacial score (nSPS) is 29.1. The van der Waals surface area contributed by atoms with E-state index in [9.17, 15) is 14.7 Å². The molecule has 0 radical (unpaired) electrons. The molecule has 0 aromatic carbocycles. The van der Waals surface area contributed by atoms with Gasteiger partial charge in [0.2, 0.25) is 0 Å². The zero-order valence-corrected chi connectivity index (χ0v) is 21.4. The highest BCUT2D eigenvalue weighted by atomic mass is 16.5. The zero-order valence-electron chi connectivity index (χ0n) is 21.4. The maximum absolute atomic E-state index is 12.2. The number of aliphatic hydroxyl groups is 1. The number of carbonyl (C=O) groups excluding carboxylic acids is 2. The highest BCUT2D eigenvalue weighted by Gasteiger charge is 2.49. The van der Waals surface area contributed by atoms with Gasteiger partial charge in [0.25, 0.3) is 0 Å². The Bertz CT molecular complexity index is 758. The molecule has 0 aliphatic heterocycles. The van der Waals surface area contributed by atoms with Crippen molar-refractivity contribution in [2.75, 3.05) is 13.2 Å². The van der Waals surface area contributed by atoms with Gasteiger partial charge in [0, 0.05) is 12.3 Å². The molecule has 0 amide bonds. The molecule has 5 nitrogen and oxygen atoms in total. The van der Waals surface area contributed by atoms with E-state index in [0.717, 1.165) is 36.8 Å². The van der Waals surface area contributed by atoms with E-state index < -0.39 is 16.9 Å². The summed E-state index contributed by atoms with van der Waals surface area (Å²) >= 11 is 0. The van der Waals surface area contributed by atoms with Gasteiger partial charge in [-0.1, -0.05) is 38.5 Å². The topological polar surface area (TPSA) is 72.8 Å². The van der Waals surface area contributed by atoms with Crippen LogP contribution in [0.1, 0.15) is 81.1 Å². The van der Waals surface area contributed by atoms with Crippen LogP contribution in [0.3, 0.4) is 0 Å². The molecule has 0 aromatic rings. The average molecular weight is 449 g/mol. The number of carbonyl (C=O) groups is 2. The van der Waals surface area contributed by atoms with E-state index in [1.54, 1.807) is 0 Å². The molecule has 0 unspecified atom stereocenters. The van der Waals surface area contributed by atoms with Gasteiger partial charge in [0.05, 0.1) is 24.7 Å². The van der Waals surface area contributed by atoms with Crippen molar-refractivity contribution >= 4 is 11.9 Å². The Morgan fingerprint density at radius 3 is 2.25 bits per heavy atom. The van der Waals surface area contributed by atoms with Gasteiger partial charge in [-0.05, 0) is 82.6 Å². The van der Waals surface area contributed by atoms with Crippen LogP contribution in [0, 0.1) is 34.5 Å². The Morgan fingerprint density at radius 1 is 1.12 bits per heavy atom. The molecule has 0 heterocycles. The van der Waals surface area contributed by atoms with Gasteiger partial charge in [0.1, 0.15) is 0 Å². The van der Waals surface area contributed by atoms with Crippen molar-refractivity contribution < 1.29 is 24.2 Å². The molecule has 0 bridgehead atoms. The molecule has 0 saturated heterocycles. The lowest BCUT2D eigenvalue weighted by Crippen LogP contribution is -2.37. The Morgan fingerprint density at radius 2 is 1.69 bits per heavy atom.